The molecule has 0 aliphatic carbocycles. The van der Waals surface area contributed by atoms with Crippen LogP contribution in [0.2, 0.25) is 0 Å². The molecule has 0 aliphatic heterocycles. The van der Waals surface area contributed by atoms with Crippen LogP contribution in [0.1, 0.15) is 6.92 Å². The van der Waals surface area contributed by atoms with Gasteiger partial charge in [-0.25, -0.2) is 8.42 Å². The van der Waals surface area contributed by atoms with Crippen LogP contribution in [0.25, 0.3) is 0 Å². The third-order valence-corrected chi connectivity index (χ3v) is 4.99. The minimum absolute atomic E-state index is 0.0275. The predicted molar refractivity (Wildman–Crippen MR) is 66.1 cm³/mol. The summed E-state index contributed by atoms with van der Waals surface area (Å²) in [4.78, 5) is 0.350. The van der Waals surface area contributed by atoms with E-state index >= 15 is 0 Å². The van der Waals surface area contributed by atoms with Crippen LogP contribution >= 0.6 is 27.5 Å². The number of hydrogen-bond acceptors (Lipinski definition) is 2. The van der Waals surface area contributed by atoms with Gasteiger partial charge in [0.25, 0.3) is 0 Å². The van der Waals surface area contributed by atoms with Crippen molar-refractivity contribution in [2.24, 2.45) is 5.92 Å². The smallest absolute Gasteiger partial charge is 0.178 e. The molecule has 0 spiro atoms. The first-order valence-corrected chi connectivity index (χ1v) is 7.48. The molecule has 1 aromatic rings. The van der Waals surface area contributed by atoms with Crippen LogP contribution in [-0.4, -0.2) is 20.1 Å². The van der Waals surface area contributed by atoms with Crippen molar-refractivity contribution in [3.8, 4) is 0 Å². The molecule has 0 bridgehead atoms. The molecule has 1 aromatic carbocycles. The van der Waals surface area contributed by atoms with Crippen LogP contribution in [0.3, 0.4) is 0 Å². The van der Waals surface area contributed by atoms with Crippen LogP contribution in [0.4, 0.5) is 0 Å². The Bertz CT molecular complexity index is 414. The third-order valence-electron chi connectivity index (χ3n) is 1.94. The van der Waals surface area contributed by atoms with Crippen molar-refractivity contribution < 1.29 is 8.42 Å². The lowest BCUT2D eigenvalue weighted by atomic mass is 10.3. The standard InChI is InChI=1S/C10H12BrClO2S/c1-8(6-12)7-15(13,14)10-4-2-9(11)3-5-10/h2-5,8H,6-7H2,1H3. The van der Waals surface area contributed by atoms with E-state index in [1.807, 2.05) is 6.92 Å². The van der Waals surface area contributed by atoms with Crippen molar-refractivity contribution in [2.75, 3.05) is 11.6 Å². The summed E-state index contributed by atoms with van der Waals surface area (Å²) in [5.74, 6) is 0.425. The number of halogens is 2. The molecule has 0 saturated heterocycles. The number of alkyl halides is 1. The molecule has 0 aromatic heterocycles. The molecule has 0 heterocycles. The number of rotatable bonds is 4. The molecule has 0 fully saturated rings. The summed E-state index contributed by atoms with van der Waals surface area (Å²) in [6, 6.07) is 6.64. The van der Waals surface area contributed by atoms with Crippen molar-refractivity contribution in [3.05, 3.63) is 28.7 Å². The predicted octanol–water partition coefficient (Wildman–Crippen LogP) is 3.10. The van der Waals surface area contributed by atoms with Gasteiger partial charge in [-0.15, -0.1) is 11.6 Å². The first-order valence-electron chi connectivity index (χ1n) is 4.50. The van der Waals surface area contributed by atoms with Crippen LogP contribution < -0.4 is 0 Å². The minimum Gasteiger partial charge on any atom is -0.224 e. The first kappa shape index (κ1) is 13.0. The Morgan fingerprint density at radius 3 is 2.33 bits per heavy atom. The van der Waals surface area contributed by atoms with E-state index in [-0.39, 0.29) is 11.7 Å². The molecular formula is C10H12BrClO2S. The van der Waals surface area contributed by atoms with E-state index < -0.39 is 9.84 Å². The van der Waals surface area contributed by atoms with Crippen LogP contribution in [0.15, 0.2) is 33.6 Å². The Balaban J connectivity index is 2.91. The van der Waals surface area contributed by atoms with E-state index in [0.717, 1.165) is 4.47 Å². The van der Waals surface area contributed by atoms with Crippen LogP contribution in [0.5, 0.6) is 0 Å². The van der Waals surface area contributed by atoms with Crippen molar-refractivity contribution >= 4 is 37.4 Å². The summed E-state index contributed by atoms with van der Waals surface area (Å²) < 4.78 is 24.5. The summed E-state index contributed by atoms with van der Waals surface area (Å²) in [5, 5.41) is 0. The summed E-state index contributed by atoms with van der Waals surface area (Å²) in [6.07, 6.45) is 0. The Morgan fingerprint density at radius 2 is 1.87 bits per heavy atom. The minimum atomic E-state index is -3.19. The highest BCUT2D eigenvalue weighted by atomic mass is 79.9. The van der Waals surface area contributed by atoms with Crippen molar-refractivity contribution in [2.45, 2.75) is 11.8 Å². The quantitative estimate of drug-likeness (QED) is 0.801. The molecule has 0 saturated carbocycles. The van der Waals surface area contributed by atoms with E-state index in [1.165, 1.54) is 0 Å². The van der Waals surface area contributed by atoms with Gasteiger partial charge < -0.3 is 0 Å². The van der Waals surface area contributed by atoms with Crippen LogP contribution in [-0.2, 0) is 9.84 Å². The zero-order valence-corrected chi connectivity index (χ0v) is 11.4. The Kier molecular flexibility index (Phi) is 4.62. The second-order valence-corrected chi connectivity index (χ2v) is 6.75. The lowest BCUT2D eigenvalue weighted by molar-refractivity contribution is 0.583. The van der Waals surface area contributed by atoms with Crippen molar-refractivity contribution in [3.63, 3.8) is 0 Å². The van der Waals surface area contributed by atoms with Gasteiger partial charge in [0, 0.05) is 10.4 Å². The number of benzene rings is 1. The Labute approximate surface area is 104 Å². The second-order valence-electron chi connectivity index (χ2n) is 3.49. The molecule has 0 aliphatic rings. The molecule has 5 heteroatoms. The van der Waals surface area contributed by atoms with Gasteiger partial charge in [-0.1, -0.05) is 22.9 Å². The molecule has 0 N–H and O–H groups in total. The highest BCUT2D eigenvalue weighted by Crippen LogP contribution is 2.18. The average molecular weight is 312 g/mol. The van der Waals surface area contributed by atoms with Gasteiger partial charge in [0.05, 0.1) is 10.6 Å². The highest BCUT2D eigenvalue weighted by molar-refractivity contribution is 9.10. The maximum absolute atomic E-state index is 11.8. The Morgan fingerprint density at radius 1 is 1.33 bits per heavy atom. The fraction of sp³-hybridized carbons (Fsp3) is 0.400. The Hall–Kier alpha value is -0.0600. The van der Waals surface area contributed by atoms with Crippen molar-refractivity contribution in [1.82, 2.24) is 0 Å². The molecule has 84 valence electrons. The fourth-order valence-corrected chi connectivity index (χ4v) is 3.27. The van der Waals surface area contributed by atoms with Gasteiger partial charge in [0.1, 0.15) is 0 Å². The monoisotopic (exact) mass is 310 g/mol. The molecule has 1 unspecified atom stereocenters. The normalized spacial score (nSPS) is 13.8. The molecule has 0 radical (unpaired) electrons. The van der Waals surface area contributed by atoms with Gasteiger partial charge >= 0.3 is 0 Å². The molecule has 2 nitrogen and oxygen atoms in total. The fourth-order valence-electron chi connectivity index (χ4n) is 1.16. The average Bonchev–Trinajstić information content (AvgIpc) is 2.17. The lowest BCUT2D eigenvalue weighted by Crippen LogP contribution is -2.15. The molecule has 1 rings (SSSR count). The largest absolute Gasteiger partial charge is 0.224 e. The molecule has 1 atom stereocenters. The summed E-state index contributed by atoms with van der Waals surface area (Å²) in [5.41, 5.74) is 0. The van der Waals surface area contributed by atoms with E-state index in [1.54, 1.807) is 24.3 Å². The summed E-state index contributed by atoms with van der Waals surface area (Å²) >= 11 is 8.86. The van der Waals surface area contributed by atoms with E-state index in [4.69, 9.17) is 11.6 Å². The highest BCUT2D eigenvalue weighted by Gasteiger charge is 2.17. The zero-order chi connectivity index (χ0) is 11.5. The van der Waals surface area contributed by atoms with Gasteiger partial charge in [-0.3, -0.25) is 0 Å². The van der Waals surface area contributed by atoms with E-state index in [0.29, 0.717) is 10.8 Å². The lowest BCUT2D eigenvalue weighted by Gasteiger charge is -2.08. The molecule has 0 amide bonds. The van der Waals surface area contributed by atoms with Gasteiger partial charge in [-0.05, 0) is 30.2 Å². The van der Waals surface area contributed by atoms with Crippen molar-refractivity contribution in [1.29, 1.82) is 0 Å². The maximum Gasteiger partial charge on any atom is 0.178 e. The first-order chi connectivity index (χ1) is 6.95. The third kappa shape index (κ3) is 3.78. The topological polar surface area (TPSA) is 34.1 Å². The molecule has 15 heavy (non-hydrogen) atoms. The number of hydrogen-bond donors (Lipinski definition) is 0. The maximum atomic E-state index is 11.8. The molecular weight excluding hydrogens is 300 g/mol. The van der Waals surface area contributed by atoms with Gasteiger partial charge in [0.15, 0.2) is 9.84 Å². The number of sulfone groups is 1. The van der Waals surface area contributed by atoms with E-state index in [2.05, 4.69) is 15.9 Å². The SMILES string of the molecule is CC(CCl)CS(=O)(=O)c1ccc(Br)cc1. The van der Waals surface area contributed by atoms with Gasteiger partial charge in [0.2, 0.25) is 0 Å². The summed E-state index contributed by atoms with van der Waals surface area (Å²) in [6.45, 7) is 1.82. The van der Waals surface area contributed by atoms with Crippen LogP contribution in [0, 0.1) is 5.92 Å². The van der Waals surface area contributed by atoms with Gasteiger partial charge in [-0.2, -0.15) is 0 Å². The summed E-state index contributed by atoms with van der Waals surface area (Å²) in [7, 11) is -3.19. The van der Waals surface area contributed by atoms with E-state index in [9.17, 15) is 8.42 Å². The zero-order valence-electron chi connectivity index (χ0n) is 8.28. The second kappa shape index (κ2) is 5.32.